The Bertz CT molecular complexity index is 648. The summed E-state index contributed by atoms with van der Waals surface area (Å²) in [6.45, 7) is 0. The lowest BCUT2D eigenvalue weighted by Gasteiger charge is -2.08. The number of aromatic nitrogens is 1. The van der Waals surface area contributed by atoms with E-state index in [1.165, 1.54) is 12.3 Å². The van der Waals surface area contributed by atoms with Crippen LogP contribution >= 0.6 is 9.24 Å². The van der Waals surface area contributed by atoms with E-state index in [4.69, 9.17) is 16.2 Å². The molecule has 8 heteroatoms. The maximum Gasteiger partial charge on any atom is 0.353 e. The van der Waals surface area contributed by atoms with E-state index in [-0.39, 0.29) is 17.3 Å². The van der Waals surface area contributed by atoms with Gasteiger partial charge in [0.25, 0.3) is 0 Å². The molecule has 19 heavy (non-hydrogen) atoms. The second-order valence-electron chi connectivity index (χ2n) is 3.69. The molecule has 1 unspecified atom stereocenters. The molecule has 1 atom stereocenters. The van der Waals surface area contributed by atoms with E-state index in [1.54, 1.807) is 18.2 Å². The number of hydrogen-bond donors (Lipinski definition) is 2. The number of ether oxygens (including phenoxy) is 1. The second-order valence-corrected chi connectivity index (χ2v) is 4.31. The Hall–Kier alpha value is -2.40. The van der Waals surface area contributed by atoms with Gasteiger partial charge in [0.1, 0.15) is 5.75 Å². The minimum absolute atomic E-state index is 0.0340. The molecule has 1 heterocycles. The third-order valence-electron chi connectivity index (χ3n) is 2.38. The van der Waals surface area contributed by atoms with E-state index in [1.807, 2.05) is 0 Å². The van der Waals surface area contributed by atoms with Gasteiger partial charge in [0.05, 0.1) is 4.92 Å². The minimum atomic E-state index is -0.628. The predicted molar refractivity (Wildman–Crippen MR) is 75.6 cm³/mol. The molecule has 4 N–H and O–H groups in total. The highest BCUT2D eigenvalue weighted by atomic mass is 31.0. The SMILES string of the molecule is Nc1ccc(Oc2ccnc(N)c2[N+](=O)[O-])cc1P. The molecule has 0 spiro atoms. The Morgan fingerprint density at radius 2 is 2.05 bits per heavy atom. The van der Waals surface area contributed by atoms with Crippen LogP contribution in [0.1, 0.15) is 0 Å². The zero-order valence-corrected chi connectivity index (χ0v) is 10.9. The van der Waals surface area contributed by atoms with Crippen molar-refractivity contribution in [2.45, 2.75) is 0 Å². The highest BCUT2D eigenvalue weighted by Gasteiger charge is 2.21. The maximum atomic E-state index is 10.9. The fraction of sp³-hybridized carbons (Fsp3) is 0. The highest BCUT2D eigenvalue weighted by Crippen LogP contribution is 2.34. The standard InChI is InChI=1S/C11H11N4O3P/c12-7-2-1-6(5-9(7)19)18-8-3-4-14-11(13)10(8)15(16)17/h1-5H,12,19H2,(H2,13,14). The van der Waals surface area contributed by atoms with Gasteiger partial charge in [-0.05, 0) is 23.5 Å². The topological polar surface area (TPSA) is 117 Å². The van der Waals surface area contributed by atoms with E-state index >= 15 is 0 Å². The fourth-order valence-electron chi connectivity index (χ4n) is 1.46. The quantitative estimate of drug-likeness (QED) is 0.379. The molecule has 98 valence electrons. The van der Waals surface area contributed by atoms with Crippen LogP contribution in [0.25, 0.3) is 0 Å². The molecular formula is C11H11N4O3P. The van der Waals surface area contributed by atoms with Crippen LogP contribution in [0.4, 0.5) is 17.2 Å². The Balaban J connectivity index is 2.40. The molecule has 1 aromatic carbocycles. The Labute approximate surface area is 110 Å². The van der Waals surface area contributed by atoms with Crippen molar-refractivity contribution in [3.05, 3.63) is 40.6 Å². The summed E-state index contributed by atoms with van der Waals surface area (Å²) in [6, 6.07) is 6.30. The lowest BCUT2D eigenvalue weighted by Crippen LogP contribution is -2.03. The molecule has 7 nitrogen and oxygen atoms in total. The lowest BCUT2D eigenvalue weighted by atomic mass is 10.3. The number of nitro groups is 1. The number of nitrogen functional groups attached to an aromatic ring is 2. The van der Waals surface area contributed by atoms with Gasteiger partial charge in [-0.15, -0.1) is 9.24 Å². The van der Waals surface area contributed by atoms with Gasteiger partial charge in [-0.2, -0.15) is 0 Å². The first kappa shape index (κ1) is 13.0. The van der Waals surface area contributed by atoms with Gasteiger partial charge >= 0.3 is 5.69 Å². The molecule has 0 aliphatic rings. The number of anilines is 2. The summed E-state index contributed by atoms with van der Waals surface area (Å²) in [5.74, 6) is 0.267. The van der Waals surface area contributed by atoms with Crippen molar-refractivity contribution in [2.24, 2.45) is 0 Å². The summed E-state index contributed by atoms with van der Waals surface area (Å²) in [5.41, 5.74) is 11.4. The molecule has 2 aromatic rings. The number of hydrogen-bond acceptors (Lipinski definition) is 6. The molecule has 2 rings (SSSR count). The van der Waals surface area contributed by atoms with Crippen molar-refractivity contribution in [1.29, 1.82) is 0 Å². The molecule has 0 radical (unpaired) electrons. The van der Waals surface area contributed by atoms with Crippen LogP contribution in [0.5, 0.6) is 11.5 Å². The zero-order valence-electron chi connectivity index (χ0n) is 9.74. The van der Waals surface area contributed by atoms with E-state index in [9.17, 15) is 10.1 Å². The van der Waals surface area contributed by atoms with Crippen molar-refractivity contribution >= 4 is 31.7 Å². The van der Waals surface area contributed by atoms with Gasteiger partial charge in [0, 0.05) is 18.0 Å². The van der Waals surface area contributed by atoms with Crippen LogP contribution < -0.4 is 21.5 Å². The van der Waals surface area contributed by atoms with Crippen LogP contribution in [0.2, 0.25) is 0 Å². The van der Waals surface area contributed by atoms with Crippen molar-refractivity contribution in [3.8, 4) is 11.5 Å². The molecule has 0 saturated carbocycles. The monoisotopic (exact) mass is 278 g/mol. The third-order valence-corrected chi connectivity index (χ3v) is 2.88. The molecule has 0 amide bonds. The Morgan fingerprint density at radius 1 is 1.32 bits per heavy atom. The van der Waals surface area contributed by atoms with E-state index in [2.05, 4.69) is 14.2 Å². The maximum absolute atomic E-state index is 10.9. The van der Waals surface area contributed by atoms with Gasteiger partial charge in [-0.1, -0.05) is 0 Å². The minimum Gasteiger partial charge on any atom is -0.450 e. The zero-order chi connectivity index (χ0) is 14.0. The number of benzene rings is 1. The summed E-state index contributed by atoms with van der Waals surface area (Å²) in [7, 11) is 2.45. The summed E-state index contributed by atoms with van der Waals surface area (Å²) in [5, 5.41) is 11.7. The summed E-state index contributed by atoms with van der Waals surface area (Å²) in [4.78, 5) is 14.0. The van der Waals surface area contributed by atoms with Crippen LogP contribution in [-0.4, -0.2) is 9.91 Å². The number of pyridine rings is 1. The summed E-state index contributed by atoms with van der Waals surface area (Å²) in [6.07, 6.45) is 1.34. The molecule has 0 bridgehead atoms. The summed E-state index contributed by atoms with van der Waals surface area (Å²) >= 11 is 0. The summed E-state index contributed by atoms with van der Waals surface area (Å²) < 4.78 is 5.46. The normalized spacial score (nSPS) is 10.2. The first-order chi connectivity index (χ1) is 8.99. The average Bonchev–Trinajstić information content (AvgIpc) is 2.33. The molecular weight excluding hydrogens is 267 g/mol. The Morgan fingerprint density at radius 3 is 2.68 bits per heavy atom. The highest BCUT2D eigenvalue weighted by molar-refractivity contribution is 7.28. The first-order valence-corrected chi connectivity index (χ1v) is 5.78. The van der Waals surface area contributed by atoms with E-state index in [0.29, 0.717) is 11.4 Å². The van der Waals surface area contributed by atoms with Crippen molar-refractivity contribution in [3.63, 3.8) is 0 Å². The van der Waals surface area contributed by atoms with Crippen molar-refractivity contribution < 1.29 is 9.66 Å². The van der Waals surface area contributed by atoms with Gasteiger partial charge < -0.3 is 16.2 Å². The molecule has 1 aromatic heterocycles. The first-order valence-electron chi connectivity index (χ1n) is 5.20. The van der Waals surface area contributed by atoms with Gasteiger partial charge in [-0.25, -0.2) is 4.98 Å². The fourth-order valence-corrected chi connectivity index (χ4v) is 1.72. The number of rotatable bonds is 3. The molecule has 0 fully saturated rings. The smallest absolute Gasteiger partial charge is 0.353 e. The average molecular weight is 278 g/mol. The van der Waals surface area contributed by atoms with Crippen molar-refractivity contribution in [1.82, 2.24) is 4.98 Å². The Kier molecular flexibility index (Phi) is 3.48. The third kappa shape index (κ3) is 2.71. The second kappa shape index (κ2) is 5.07. The van der Waals surface area contributed by atoms with Crippen LogP contribution in [0.3, 0.4) is 0 Å². The predicted octanol–water partition coefficient (Wildman–Crippen LogP) is 1.45. The van der Waals surface area contributed by atoms with Crippen LogP contribution in [0.15, 0.2) is 30.5 Å². The van der Waals surface area contributed by atoms with Crippen molar-refractivity contribution in [2.75, 3.05) is 11.5 Å². The molecule has 0 aliphatic carbocycles. The van der Waals surface area contributed by atoms with Gasteiger partial charge in [0.15, 0.2) is 0 Å². The lowest BCUT2D eigenvalue weighted by molar-refractivity contribution is -0.384. The van der Waals surface area contributed by atoms with Gasteiger partial charge in [0.2, 0.25) is 11.6 Å². The number of nitrogens with zero attached hydrogens (tertiary/aromatic N) is 2. The largest absolute Gasteiger partial charge is 0.450 e. The van der Waals surface area contributed by atoms with Crippen LogP contribution in [-0.2, 0) is 0 Å². The van der Waals surface area contributed by atoms with Crippen LogP contribution in [0, 0.1) is 10.1 Å². The van der Waals surface area contributed by atoms with E-state index in [0.717, 1.165) is 5.30 Å². The molecule has 0 aliphatic heterocycles. The van der Waals surface area contributed by atoms with E-state index < -0.39 is 4.92 Å². The van der Waals surface area contributed by atoms with Gasteiger partial charge in [-0.3, -0.25) is 10.1 Å². The molecule has 0 saturated heterocycles. The number of nitrogens with two attached hydrogens (primary N) is 2.